The summed E-state index contributed by atoms with van der Waals surface area (Å²) < 4.78 is 7.42. The minimum Gasteiger partial charge on any atom is -0.493 e. The van der Waals surface area contributed by atoms with E-state index in [1.807, 2.05) is 43.4 Å². The van der Waals surface area contributed by atoms with Crippen LogP contribution >= 0.6 is 23.2 Å². The van der Waals surface area contributed by atoms with Gasteiger partial charge in [-0.2, -0.15) is 5.10 Å². The number of urea groups is 1. The maximum atomic E-state index is 13.4. The first-order valence-corrected chi connectivity index (χ1v) is 18.9. The number of pyridine rings is 1. The molecular weight excluding hydrogens is 717 g/mol. The monoisotopic (exact) mass is 763 g/mol. The Labute approximate surface area is 319 Å². The number of aryl methyl sites for hydroxylation is 1. The van der Waals surface area contributed by atoms with E-state index in [-0.39, 0.29) is 40.5 Å². The largest absolute Gasteiger partial charge is 0.493 e. The molecule has 5 rings (SSSR count). The number of carbonyl (C=O) groups excluding carboxylic acids is 2. The van der Waals surface area contributed by atoms with Crippen LogP contribution in [0.5, 0.6) is 5.75 Å². The summed E-state index contributed by atoms with van der Waals surface area (Å²) in [5.41, 5.74) is 2.99. The van der Waals surface area contributed by atoms with Crippen molar-refractivity contribution >= 4 is 46.5 Å². The highest BCUT2D eigenvalue weighted by atomic mass is 35.5. The van der Waals surface area contributed by atoms with Gasteiger partial charge in [-0.1, -0.05) is 60.7 Å². The van der Waals surface area contributed by atoms with Crippen molar-refractivity contribution in [3.63, 3.8) is 0 Å². The number of likely N-dealkylation sites (N-methyl/N-ethyl adjacent to an activating group) is 1. The van der Waals surface area contributed by atoms with Gasteiger partial charge in [0.2, 0.25) is 0 Å². The van der Waals surface area contributed by atoms with E-state index in [2.05, 4.69) is 30.9 Å². The van der Waals surface area contributed by atoms with Crippen molar-refractivity contribution in [2.24, 2.45) is 5.92 Å². The van der Waals surface area contributed by atoms with Crippen LogP contribution in [0.15, 0.2) is 65.7 Å². The fourth-order valence-electron chi connectivity index (χ4n) is 5.74. The summed E-state index contributed by atoms with van der Waals surface area (Å²) in [5.74, 6) is 1.00. The number of anilines is 2. The molecule has 282 valence electrons. The van der Waals surface area contributed by atoms with Gasteiger partial charge in [0.25, 0.3) is 11.5 Å². The van der Waals surface area contributed by atoms with Crippen molar-refractivity contribution in [1.29, 1.82) is 0 Å². The van der Waals surface area contributed by atoms with Crippen LogP contribution in [0.2, 0.25) is 10.0 Å². The first-order chi connectivity index (χ1) is 25.6. The SMILES string of the molecule is CCn1nc(-c2cccc(-c3cc(OCC4CC4)cc(C(=O)NCCCCCCCN(C)CCO)c3)c2)cc(NC(=O)Nc2c(Cl)cncc2Cl)c1=O. The molecule has 14 heteroatoms. The van der Waals surface area contributed by atoms with Gasteiger partial charge in [-0.25, -0.2) is 9.48 Å². The number of benzene rings is 2. The summed E-state index contributed by atoms with van der Waals surface area (Å²) in [5, 5.41) is 22.2. The molecule has 0 saturated heterocycles. The summed E-state index contributed by atoms with van der Waals surface area (Å²) in [7, 11) is 2.02. The molecule has 2 heterocycles. The van der Waals surface area contributed by atoms with Gasteiger partial charge in [0.15, 0.2) is 0 Å². The number of amides is 3. The molecule has 4 aromatic rings. The molecule has 1 saturated carbocycles. The number of aliphatic hydroxyl groups is 1. The van der Waals surface area contributed by atoms with E-state index >= 15 is 0 Å². The molecule has 1 aliphatic rings. The summed E-state index contributed by atoms with van der Waals surface area (Å²) in [6, 6.07) is 14.0. The molecule has 53 heavy (non-hydrogen) atoms. The second-order valence-electron chi connectivity index (χ2n) is 13.3. The van der Waals surface area contributed by atoms with Gasteiger partial charge >= 0.3 is 6.03 Å². The smallest absolute Gasteiger partial charge is 0.323 e. The van der Waals surface area contributed by atoms with Crippen molar-refractivity contribution in [2.45, 2.75) is 58.4 Å². The Balaban J connectivity index is 1.30. The van der Waals surface area contributed by atoms with Crippen molar-refractivity contribution in [1.82, 2.24) is 25.0 Å². The third kappa shape index (κ3) is 11.8. The zero-order valence-electron chi connectivity index (χ0n) is 30.2. The second-order valence-corrected chi connectivity index (χ2v) is 14.1. The zero-order valence-corrected chi connectivity index (χ0v) is 31.7. The Bertz CT molecular complexity index is 1910. The standard InChI is InChI=1S/C39H47Cl2N7O5/c1-3-48-38(51)35(44-39(52)45-36-32(40)23-42-24-33(36)41)22-34(46-48)28-11-9-10-27(18-28)29-19-30(21-31(20-29)53-25-26-12-13-26)37(50)43-14-7-5-4-6-8-15-47(2)16-17-49/h9-11,18-24,26,49H,3-8,12-17,25H2,1-2H3,(H,43,50)(H2,42,44,45,52). The predicted molar refractivity (Wildman–Crippen MR) is 210 cm³/mol. The first kappa shape index (κ1) is 39.7. The molecule has 2 aromatic heterocycles. The van der Waals surface area contributed by atoms with E-state index in [0.717, 1.165) is 62.6 Å². The molecule has 3 amide bonds. The quantitative estimate of drug-likeness (QED) is 0.0725. The minimum atomic E-state index is -0.710. The summed E-state index contributed by atoms with van der Waals surface area (Å²) in [4.78, 5) is 45.5. The number of nitrogens with one attached hydrogen (secondary N) is 3. The van der Waals surface area contributed by atoms with E-state index in [9.17, 15) is 14.4 Å². The van der Waals surface area contributed by atoms with Crippen LogP contribution in [0.25, 0.3) is 22.4 Å². The van der Waals surface area contributed by atoms with Gasteiger partial charge < -0.3 is 30.7 Å². The normalized spacial score (nSPS) is 12.5. The third-order valence-corrected chi connectivity index (χ3v) is 9.51. The molecule has 0 aliphatic heterocycles. The van der Waals surface area contributed by atoms with Crippen LogP contribution < -0.4 is 26.2 Å². The lowest BCUT2D eigenvalue weighted by Gasteiger charge is -2.14. The first-order valence-electron chi connectivity index (χ1n) is 18.1. The van der Waals surface area contributed by atoms with Crippen molar-refractivity contribution in [2.75, 3.05) is 50.5 Å². The molecule has 1 fully saturated rings. The van der Waals surface area contributed by atoms with Crippen molar-refractivity contribution in [3.8, 4) is 28.1 Å². The van der Waals surface area contributed by atoms with Crippen LogP contribution in [0.4, 0.5) is 16.2 Å². The van der Waals surface area contributed by atoms with Crippen LogP contribution in [0, 0.1) is 5.92 Å². The van der Waals surface area contributed by atoms with E-state index in [1.54, 1.807) is 13.0 Å². The number of hydrogen-bond donors (Lipinski definition) is 4. The van der Waals surface area contributed by atoms with Gasteiger partial charge in [0.1, 0.15) is 11.4 Å². The molecule has 0 radical (unpaired) electrons. The Morgan fingerprint density at radius 3 is 2.42 bits per heavy atom. The molecule has 0 unspecified atom stereocenters. The lowest BCUT2D eigenvalue weighted by Crippen LogP contribution is -2.29. The fraction of sp³-hybridized carbons (Fsp3) is 0.410. The molecule has 4 N–H and O–H groups in total. The number of rotatable bonds is 19. The van der Waals surface area contributed by atoms with E-state index in [1.165, 1.54) is 23.1 Å². The number of unbranched alkanes of at least 4 members (excludes halogenated alkanes) is 4. The van der Waals surface area contributed by atoms with Crippen LogP contribution in [0.3, 0.4) is 0 Å². The average Bonchev–Trinajstić information content (AvgIpc) is 3.99. The van der Waals surface area contributed by atoms with Crippen LogP contribution in [-0.2, 0) is 6.54 Å². The van der Waals surface area contributed by atoms with Gasteiger partial charge in [-0.3, -0.25) is 14.6 Å². The Hall–Kier alpha value is -4.49. The maximum Gasteiger partial charge on any atom is 0.323 e. The van der Waals surface area contributed by atoms with E-state index in [4.69, 9.17) is 33.0 Å². The predicted octanol–water partition coefficient (Wildman–Crippen LogP) is 7.34. The van der Waals surface area contributed by atoms with Crippen LogP contribution in [0.1, 0.15) is 62.2 Å². The molecule has 1 aliphatic carbocycles. The summed E-state index contributed by atoms with van der Waals surface area (Å²) >= 11 is 12.3. The topological polar surface area (TPSA) is 151 Å². The second kappa shape index (κ2) is 19.5. The van der Waals surface area contributed by atoms with Gasteiger partial charge in [0, 0.05) is 43.2 Å². The third-order valence-electron chi connectivity index (χ3n) is 8.94. The highest BCUT2D eigenvalue weighted by Crippen LogP contribution is 2.33. The fourth-order valence-corrected chi connectivity index (χ4v) is 6.20. The van der Waals surface area contributed by atoms with E-state index in [0.29, 0.717) is 48.2 Å². The molecule has 0 atom stereocenters. The highest BCUT2D eigenvalue weighted by molar-refractivity contribution is 6.39. The zero-order chi connectivity index (χ0) is 37.7. The Kier molecular flexibility index (Phi) is 14.6. The van der Waals surface area contributed by atoms with Crippen molar-refractivity contribution in [3.05, 3.63) is 86.9 Å². The number of aliphatic hydroxyl groups excluding tert-OH is 1. The van der Waals surface area contributed by atoms with Gasteiger partial charge in [-0.15, -0.1) is 0 Å². The Morgan fingerprint density at radius 2 is 1.68 bits per heavy atom. The van der Waals surface area contributed by atoms with E-state index < -0.39 is 11.6 Å². The number of aromatic nitrogens is 3. The molecule has 0 spiro atoms. The lowest BCUT2D eigenvalue weighted by molar-refractivity contribution is 0.0952. The number of halogens is 2. The van der Waals surface area contributed by atoms with Crippen molar-refractivity contribution < 1.29 is 19.4 Å². The van der Waals surface area contributed by atoms with Gasteiger partial charge in [0.05, 0.1) is 34.6 Å². The summed E-state index contributed by atoms with van der Waals surface area (Å²) in [6.07, 6.45) is 10.2. The number of carbonyl (C=O) groups is 2. The Morgan fingerprint density at radius 1 is 0.943 bits per heavy atom. The van der Waals surface area contributed by atoms with Gasteiger partial charge in [-0.05, 0) is 93.6 Å². The molecular formula is C39H47Cl2N7O5. The maximum absolute atomic E-state index is 13.4. The average molecular weight is 765 g/mol. The number of hydrogen-bond acceptors (Lipinski definition) is 8. The minimum absolute atomic E-state index is 0.0149. The lowest BCUT2D eigenvalue weighted by atomic mass is 9.99. The summed E-state index contributed by atoms with van der Waals surface area (Å²) in [6.45, 7) is 5.09. The van der Waals surface area contributed by atoms with Crippen LogP contribution in [-0.4, -0.2) is 76.6 Å². The molecule has 2 aromatic carbocycles. The number of ether oxygens (including phenoxy) is 1. The number of nitrogens with zero attached hydrogens (tertiary/aromatic N) is 4. The molecule has 0 bridgehead atoms. The highest BCUT2D eigenvalue weighted by Gasteiger charge is 2.22. The molecule has 12 nitrogen and oxygen atoms in total.